The molecule has 40 heavy (non-hydrogen) atoms. The van der Waals surface area contributed by atoms with Crippen molar-refractivity contribution in [3.8, 4) is 22.9 Å². The first-order chi connectivity index (χ1) is 19.2. The summed E-state index contributed by atoms with van der Waals surface area (Å²) in [4.78, 5) is 21.6. The van der Waals surface area contributed by atoms with Crippen LogP contribution in [0.4, 0.5) is 5.69 Å². The maximum Gasteiger partial charge on any atom is 0.269 e. The largest absolute Gasteiger partial charge is 0.497 e. The third kappa shape index (κ3) is 6.61. The molecule has 0 aliphatic rings. The van der Waals surface area contributed by atoms with E-state index >= 15 is 0 Å². The van der Waals surface area contributed by atoms with Crippen molar-refractivity contribution in [2.24, 2.45) is 0 Å². The van der Waals surface area contributed by atoms with Gasteiger partial charge in [0.1, 0.15) is 23.4 Å². The zero-order valence-corrected chi connectivity index (χ0v) is 23.2. The summed E-state index contributed by atoms with van der Waals surface area (Å²) in [6.45, 7) is 1.45. The lowest BCUT2D eigenvalue weighted by Gasteiger charge is -2.18. The number of ether oxygens (including phenoxy) is 3. The molecule has 0 N–H and O–H groups in total. The Morgan fingerprint density at radius 2 is 1.70 bits per heavy atom. The van der Waals surface area contributed by atoms with E-state index in [-0.39, 0.29) is 28.8 Å². The van der Waals surface area contributed by atoms with E-state index in [1.54, 1.807) is 55.0 Å². The Bertz CT molecular complexity index is 1510. The molecule has 0 aliphatic carbocycles. The van der Waals surface area contributed by atoms with E-state index in [1.807, 2.05) is 12.1 Å². The lowest BCUT2D eigenvalue weighted by molar-refractivity contribution is -0.479. The predicted octanol–water partition coefficient (Wildman–Crippen LogP) is 5.84. The van der Waals surface area contributed by atoms with Gasteiger partial charge in [-0.25, -0.2) is 0 Å². The van der Waals surface area contributed by atoms with Gasteiger partial charge in [0.05, 0.1) is 24.2 Å². The van der Waals surface area contributed by atoms with Gasteiger partial charge in [0.2, 0.25) is 6.54 Å². The number of nitro groups is 2. The van der Waals surface area contributed by atoms with E-state index in [0.29, 0.717) is 27.9 Å². The number of thioether (sulfide) groups is 1. The van der Waals surface area contributed by atoms with E-state index in [9.17, 15) is 20.2 Å². The third-order valence-electron chi connectivity index (χ3n) is 5.84. The molecule has 0 aliphatic heterocycles. The van der Waals surface area contributed by atoms with Gasteiger partial charge in [0.25, 0.3) is 5.69 Å². The predicted molar refractivity (Wildman–Crippen MR) is 149 cm³/mol. The Morgan fingerprint density at radius 3 is 2.30 bits per heavy atom. The maximum atomic E-state index is 11.6. The standard InChI is InChI=1S/C26H24ClN5O7S/c1-16-28-29-26(31(16)19-8-10-21(37-2)11-9-19)40-24(14-30(33)34)18-12-22(27)25(23(13-18)38-3)39-15-17-4-6-20(7-5-17)32(35)36/h4-13,24H,14-15H2,1-3H3/t24-/m1/s1. The molecular weight excluding hydrogens is 562 g/mol. The van der Waals surface area contributed by atoms with Crippen LogP contribution in [0.2, 0.25) is 5.02 Å². The molecule has 208 valence electrons. The molecule has 0 spiro atoms. The fraction of sp³-hybridized carbons (Fsp3) is 0.231. The van der Waals surface area contributed by atoms with Crippen LogP contribution in [0.3, 0.4) is 0 Å². The molecule has 12 nitrogen and oxygen atoms in total. The quantitative estimate of drug-likeness (QED) is 0.113. The number of benzene rings is 3. The molecule has 4 rings (SSSR count). The third-order valence-corrected chi connectivity index (χ3v) is 7.30. The average molecular weight is 586 g/mol. The van der Waals surface area contributed by atoms with Gasteiger partial charge in [-0.1, -0.05) is 23.4 Å². The number of rotatable bonds is 12. The molecule has 0 saturated carbocycles. The molecule has 1 aromatic heterocycles. The van der Waals surface area contributed by atoms with Crippen molar-refractivity contribution >= 4 is 29.1 Å². The number of hydrogen-bond donors (Lipinski definition) is 0. The summed E-state index contributed by atoms with van der Waals surface area (Å²) in [5.74, 6) is 1.82. The molecule has 0 saturated heterocycles. The molecule has 0 amide bonds. The highest BCUT2D eigenvalue weighted by molar-refractivity contribution is 7.99. The minimum absolute atomic E-state index is 0.0314. The molecule has 0 unspecified atom stereocenters. The Hall–Kier alpha value is -4.36. The maximum absolute atomic E-state index is 11.6. The number of methoxy groups -OCH3 is 2. The summed E-state index contributed by atoms with van der Waals surface area (Å²) in [6, 6.07) is 16.5. The summed E-state index contributed by atoms with van der Waals surface area (Å²) in [5, 5.41) is 30.9. The number of halogens is 1. The van der Waals surface area contributed by atoms with Gasteiger partial charge in [-0.2, -0.15) is 0 Å². The lowest BCUT2D eigenvalue weighted by atomic mass is 10.1. The van der Waals surface area contributed by atoms with Crippen LogP contribution in [-0.2, 0) is 6.61 Å². The molecule has 0 radical (unpaired) electrons. The second-order valence-electron chi connectivity index (χ2n) is 8.43. The SMILES string of the molecule is COc1ccc(-n2c(C)nnc2S[C@H](C[N+](=O)[O-])c2cc(Cl)c(OCc3ccc([N+](=O)[O-])cc3)c(OC)c2)cc1. The minimum atomic E-state index is -0.689. The van der Waals surface area contributed by atoms with E-state index in [1.165, 1.54) is 31.0 Å². The first kappa shape index (κ1) is 28.6. The van der Waals surface area contributed by atoms with Crippen LogP contribution < -0.4 is 14.2 Å². The molecule has 14 heteroatoms. The number of nitrogens with zero attached hydrogens (tertiary/aromatic N) is 5. The van der Waals surface area contributed by atoms with Crippen LogP contribution in [0.5, 0.6) is 17.2 Å². The summed E-state index contributed by atoms with van der Waals surface area (Å²) in [7, 11) is 3.02. The van der Waals surface area contributed by atoms with Gasteiger partial charge >= 0.3 is 0 Å². The van der Waals surface area contributed by atoms with Crippen molar-refractivity contribution in [1.82, 2.24) is 14.8 Å². The highest BCUT2D eigenvalue weighted by Crippen LogP contribution is 2.43. The zero-order valence-electron chi connectivity index (χ0n) is 21.6. The number of aromatic nitrogens is 3. The van der Waals surface area contributed by atoms with Crippen molar-refractivity contribution < 1.29 is 24.1 Å². The Balaban J connectivity index is 1.61. The van der Waals surface area contributed by atoms with Crippen LogP contribution in [0.1, 0.15) is 22.2 Å². The highest BCUT2D eigenvalue weighted by Gasteiger charge is 2.26. The number of hydrogen-bond acceptors (Lipinski definition) is 10. The van der Waals surface area contributed by atoms with Crippen molar-refractivity contribution in [3.63, 3.8) is 0 Å². The fourth-order valence-corrected chi connectivity index (χ4v) is 5.28. The van der Waals surface area contributed by atoms with Crippen molar-refractivity contribution in [2.45, 2.75) is 23.9 Å². The summed E-state index contributed by atoms with van der Waals surface area (Å²) in [6.07, 6.45) is 0. The molecule has 1 heterocycles. The van der Waals surface area contributed by atoms with Crippen LogP contribution in [0, 0.1) is 27.2 Å². The first-order valence-electron chi connectivity index (χ1n) is 11.8. The van der Waals surface area contributed by atoms with Crippen molar-refractivity contribution in [1.29, 1.82) is 0 Å². The van der Waals surface area contributed by atoms with E-state index in [0.717, 1.165) is 5.69 Å². The van der Waals surface area contributed by atoms with Crippen LogP contribution in [0.25, 0.3) is 5.69 Å². The zero-order chi connectivity index (χ0) is 28.8. The lowest BCUT2D eigenvalue weighted by Crippen LogP contribution is -2.12. The summed E-state index contributed by atoms with van der Waals surface area (Å²) >= 11 is 7.75. The Kier molecular flexibility index (Phi) is 9.07. The van der Waals surface area contributed by atoms with Crippen molar-refractivity contribution in [2.75, 3.05) is 20.8 Å². The summed E-state index contributed by atoms with van der Waals surface area (Å²) in [5.41, 5.74) is 1.96. The Labute approximate surface area is 238 Å². The Morgan fingerprint density at radius 1 is 1.00 bits per heavy atom. The fourth-order valence-electron chi connectivity index (χ4n) is 3.86. The first-order valence-corrected chi connectivity index (χ1v) is 13.0. The van der Waals surface area contributed by atoms with Gasteiger partial charge in [0, 0.05) is 22.7 Å². The van der Waals surface area contributed by atoms with Crippen LogP contribution in [0.15, 0.2) is 65.8 Å². The number of non-ortho nitro benzene ring substituents is 1. The van der Waals surface area contributed by atoms with Gasteiger partial charge in [-0.3, -0.25) is 24.8 Å². The van der Waals surface area contributed by atoms with Gasteiger partial charge in [-0.15, -0.1) is 10.2 Å². The second-order valence-corrected chi connectivity index (χ2v) is 10.0. The van der Waals surface area contributed by atoms with E-state index in [4.69, 9.17) is 25.8 Å². The normalized spacial score (nSPS) is 11.6. The van der Waals surface area contributed by atoms with Gasteiger partial charge in [0.15, 0.2) is 16.7 Å². The topological polar surface area (TPSA) is 145 Å². The number of aryl methyl sites for hydroxylation is 1. The van der Waals surface area contributed by atoms with E-state index in [2.05, 4.69) is 10.2 Å². The molecule has 0 fully saturated rings. The van der Waals surface area contributed by atoms with E-state index < -0.39 is 21.6 Å². The smallest absolute Gasteiger partial charge is 0.269 e. The van der Waals surface area contributed by atoms with Gasteiger partial charge < -0.3 is 14.2 Å². The summed E-state index contributed by atoms with van der Waals surface area (Å²) < 4.78 is 18.4. The molecule has 0 bridgehead atoms. The molecule has 4 aromatic rings. The monoisotopic (exact) mass is 585 g/mol. The average Bonchev–Trinajstić information content (AvgIpc) is 3.31. The molecule has 1 atom stereocenters. The highest BCUT2D eigenvalue weighted by atomic mass is 35.5. The molecule has 3 aromatic carbocycles. The number of nitro benzene ring substituents is 1. The van der Waals surface area contributed by atoms with Gasteiger partial charge in [-0.05, 0) is 66.6 Å². The molecular formula is C26H24ClN5O7S. The second kappa shape index (κ2) is 12.7. The van der Waals surface area contributed by atoms with Crippen LogP contribution in [-0.4, -0.2) is 45.4 Å². The minimum Gasteiger partial charge on any atom is -0.497 e. The van der Waals surface area contributed by atoms with Crippen LogP contribution >= 0.6 is 23.4 Å². The van der Waals surface area contributed by atoms with Crippen molar-refractivity contribution in [3.05, 3.63) is 103 Å².